The minimum atomic E-state index is -0.302. The summed E-state index contributed by atoms with van der Waals surface area (Å²) < 4.78 is 17.0. The van der Waals surface area contributed by atoms with Crippen molar-refractivity contribution >= 4 is 17.0 Å². The highest BCUT2D eigenvalue weighted by Gasteiger charge is 2.19. The van der Waals surface area contributed by atoms with E-state index in [2.05, 4.69) is 10.6 Å². The van der Waals surface area contributed by atoms with Crippen LogP contribution in [0.1, 0.15) is 49.7 Å². The normalized spacial score (nSPS) is 13.0. The molecule has 0 aliphatic rings. The summed E-state index contributed by atoms with van der Waals surface area (Å²) in [6, 6.07) is 12.8. The molecule has 2 aromatic carbocycles. The molecule has 0 spiro atoms. The average Bonchev–Trinajstić information content (AvgIpc) is 3.13. The van der Waals surface area contributed by atoms with E-state index in [1.165, 1.54) is 0 Å². The van der Waals surface area contributed by atoms with Crippen LogP contribution in [0.5, 0.6) is 11.5 Å². The van der Waals surface area contributed by atoms with Crippen molar-refractivity contribution in [2.45, 2.75) is 39.8 Å². The largest absolute Gasteiger partial charge is 0.496 e. The fourth-order valence-corrected chi connectivity index (χ4v) is 3.31. The predicted octanol–water partition coefficient (Wildman–Crippen LogP) is 5.27. The predicted molar refractivity (Wildman–Crippen MR) is 114 cm³/mol. The third-order valence-corrected chi connectivity index (χ3v) is 4.80. The maximum atomic E-state index is 12.6. The van der Waals surface area contributed by atoms with Crippen LogP contribution in [0.4, 0.5) is 4.79 Å². The number of hydrogen-bond donors (Lipinski definition) is 2. The van der Waals surface area contributed by atoms with Gasteiger partial charge in [-0.3, -0.25) is 0 Å². The number of hydrogen-bond acceptors (Lipinski definition) is 4. The van der Waals surface area contributed by atoms with E-state index < -0.39 is 0 Å². The molecule has 0 fully saturated rings. The zero-order valence-corrected chi connectivity index (χ0v) is 17.5. The van der Waals surface area contributed by atoms with E-state index in [0.717, 1.165) is 22.3 Å². The van der Waals surface area contributed by atoms with Crippen molar-refractivity contribution in [3.8, 4) is 11.5 Å². The number of benzene rings is 2. The molecule has 2 atom stereocenters. The quantitative estimate of drug-likeness (QED) is 0.571. The van der Waals surface area contributed by atoms with Gasteiger partial charge in [-0.2, -0.15) is 0 Å². The summed E-state index contributed by atoms with van der Waals surface area (Å²) in [4.78, 5) is 12.6. The zero-order valence-electron chi connectivity index (χ0n) is 17.5. The molecule has 0 saturated heterocycles. The standard InChI is InChI=1S/C23H28N2O4/c1-6-28-20-9-7-8-17-13-21(29-22(17)20)16(4)25-23(26)24-15(3)18-12-14(2)10-11-19(18)27-5/h7-13,15-16H,6H2,1-5H3,(H2,24,25,26). The van der Waals surface area contributed by atoms with Crippen molar-refractivity contribution in [2.75, 3.05) is 13.7 Å². The van der Waals surface area contributed by atoms with E-state index in [9.17, 15) is 4.79 Å². The molecule has 0 saturated carbocycles. The number of amides is 2. The summed E-state index contributed by atoms with van der Waals surface area (Å²) in [5.74, 6) is 2.12. The fraction of sp³-hybridized carbons (Fsp3) is 0.348. The van der Waals surface area contributed by atoms with Crippen molar-refractivity contribution < 1.29 is 18.7 Å². The molecule has 3 rings (SSSR count). The van der Waals surface area contributed by atoms with Gasteiger partial charge in [0.05, 0.1) is 25.8 Å². The Kier molecular flexibility index (Phi) is 6.32. The molecule has 2 amide bonds. The fourth-order valence-electron chi connectivity index (χ4n) is 3.31. The second kappa shape index (κ2) is 8.90. The van der Waals surface area contributed by atoms with Gasteiger partial charge < -0.3 is 24.5 Å². The van der Waals surface area contributed by atoms with Crippen molar-refractivity contribution in [2.24, 2.45) is 0 Å². The molecular weight excluding hydrogens is 368 g/mol. The SMILES string of the molecule is CCOc1cccc2cc(C(C)NC(=O)NC(C)c3cc(C)ccc3OC)oc12. The van der Waals surface area contributed by atoms with E-state index >= 15 is 0 Å². The van der Waals surface area contributed by atoms with Crippen LogP contribution in [0.25, 0.3) is 11.0 Å². The van der Waals surface area contributed by atoms with Gasteiger partial charge in [0.2, 0.25) is 0 Å². The second-order valence-corrected chi connectivity index (χ2v) is 7.06. The van der Waals surface area contributed by atoms with Crippen LogP contribution in [0.2, 0.25) is 0 Å². The summed E-state index contributed by atoms with van der Waals surface area (Å²) in [6.45, 7) is 8.32. The van der Waals surface area contributed by atoms with Crippen LogP contribution in [0.15, 0.2) is 46.9 Å². The van der Waals surface area contributed by atoms with Gasteiger partial charge in [-0.05, 0) is 45.9 Å². The molecule has 1 aromatic heterocycles. The molecule has 0 bridgehead atoms. The van der Waals surface area contributed by atoms with Crippen molar-refractivity contribution in [3.05, 3.63) is 59.4 Å². The Morgan fingerprint density at radius 3 is 2.55 bits per heavy atom. The summed E-state index contributed by atoms with van der Waals surface area (Å²) in [7, 11) is 1.63. The average molecular weight is 396 g/mol. The summed E-state index contributed by atoms with van der Waals surface area (Å²) in [5.41, 5.74) is 2.73. The number of urea groups is 1. The monoisotopic (exact) mass is 396 g/mol. The molecule has 3 aromatic rings. The summed E-state index contributed by atoms with van der Waals surface area (Å²) >= 11 is 0. The van der Waals surface area contributed by atoms with Gasteiger partial charge in [0.25, 0.3) is 0 Å². The number of carbonyl (C=O) groups excluding carboxylic acids is 1. The van der Waals surface area contributed by atoms with E-state index in [-0.39, 0.29) is 18.1 Å². The Labute approximate surface area is 171 Å². The van der Waals surface area contributed by atoms with Crippen LogP contribution in [0, 0.1) is 6.92 Å². The zero-order chi connectivity index (χ0) is 21.0. The topological polar surface area (TPSA) is 72.7 Å². The van der Waals surface area contributed by atoms with E-state index in [0.29, 0.717) is 23.7 Å². The lowest BCUT2D eigenvalue weighted by molar-refractivity contribution is 0.233. The molecular formula is C23H28N2O4. The van der Waals surface area contributed by atoms with Gasteiger partial charge in [0.15, 0.2) is 11.3 Å². The number of furan rings is 1. The Morgan fingerprint density at radius 2 is 1.83 bits per heavy atom. The first kappa shape index (κ1) is 20.6. The number of para-hydroxylation sites is 1. The molecule has 2 unspecified atom stereocenters. The first-order valence-electron chi connectivity index (χ1n) is 9.79. The number of ether oxygens (including phenoxy) is 2. The molecule has 0 radical (unpaired) electrons. The van der Waals surface area contributed by atoms with Crippen LogP contribution in [-0.4, -0.2) is 19.7 Å². The lowest BCUT2D eigenvalue weighted by Gasteiger charge is -2.20. The van der Waals surface area contributed by atoms with Gasteiger partial charge >= 0.3 is 6.03 Å². The van der Waals surface area contributed by atoms with Gasteiger partial charge in [-0.1, -0.05) is 29.8 Å². The highest BCUT2D eigenvalue weighted by atomic mass is 16.5. The van der Waals surface area contributed by atoms with E-state index in [4.69, 9.17) is 13.9 Å². The Morgan fingerprint density at radius 1 is 1.07 bits per heavy atom. The number of methoxy groups -OCH3 is 1. The Balaban J connectivity index is 1.70. The van der Waals surface area contributed by atoms with Crippen LogP contribution in [-0.2, 0) is 0 Å². The third kappa shape index (κ3) is 4.65. The van der Waals surface area contributed by atoms with Gasteiger partial charge in [0.1, 0.15) is 11.5 Å². The third-order valence-electron chi connectivity index (χ3n) is 4.80. The Bertz CT molecular complexity index is 996. The van der Waals surface area contributed by atoms with Gasteiger partial charge in [-0.15, -0.1) is 0 Å². The molecule has 0 aliphatic heterocycles. The second-order valence-electron chi connectivity index (χ2n) is 7.06. The number of aryl methyl sites for hydroxylation is 1. The number of nitrogens with one attached hydrogen (secondary N) is 2. The maximum absolute atomic E-state index is 12.6. The Hall–Kier alpha value is -3.15. The first-order chi connectivity index (χ1) is 13.9. The molecule has 29 heavy (non-hydrogen) atoms. The molecule has 1 heterocycles. The highest BCUT2D eigenvalue weighted by molar-refractivity contribution is 5.84. The van der Waals surface area contributed by atoms with Gasteiger partial charge in [0, 0.05) is 10.9 Å². The molecule has 2 N–H and O–H groups in total. The molecule has 154 valence electrons. The lowest BCUT2D eigenvalue weighted by Crippen LogP contribution is -2.38. The van der Waals surface area contributed by atoms with Crippen LogP contribution < -0.4 is 20.1 Å². The maximum Gasteiger partial charge on any atom is 0.315 e. The van der Waals surface area contributed by atoms with E-state index in [1.54, 1.807) is 7.11 Å². The summed E-state index contributed by atoms with van der Waals surface area (Å²) in [5, 5.41) is 6.85. The van der Waals surface area contributed by atoms with Crippen LogP contribution in [0.3, 0.4) is 0 Å². The minimum Gasteiger partial charge on any atom is -0.496 e. The minimum absolute atomic E-state index is 0.211. The first-order valence-corrected chi connectivity index (χ1v) is 9.79. The van der Waals surface area contributed by atoms with Crippen LogP contribution >= 0.6 is 0 Å². The van der Waals surface area contributed by atoms with Crippen molar-refractivity contribution in [3.63, 3.8) is 0 Å². The van der Waals surface area contributed by atoms with Crippen molar-refractivity contribution in [1.82, 2.24) is 10.6 Å². The molecule has 6 heteroatoms. The molecule has 6 nitrogen and oxygen atoms in total. The van der Waals surface area contributed by atoms with E-state index in [1.807, 2.05) is 70.2 Å². The molecule has 0 aliphatic carbocycles. The number of rotatable bonds is 7. The summed E-state index contributed by atoms with van der Waals surface area (Å²) in [6.07, 6.45) is 0. The van der Waals surface area contributed by atoms with Crippen molar-refractivity contribution in [1.29, 1.82) is 0 Å². The highest BCUT2D eigenvalue weighted by Crippen LogP contribution is 2.31. The number of carbonyl (C=O) groups is 1. The van der Waals surface area contributed by atoms with Gasteiger partial charge in [-0.25, -0.2) is 4.79 Å². The smallest absolute Gasteiger partial charge is 0.315 e. The number of fused-ring (bicyclic) bond motifs is 1. The lowest BCUT2D eigenvalue weighted by atomic mass is 10.0.